The van der Waals surface area contributed by atoms with Crippen LogP contribution in [0.15, 0.2) is 28.8 Å². The second-order valence-electron chi connectivity index (χ2n) is 6.90. The molecule has 6 heteroatoms. The summed E-state index contributed by atoms with van der Waals surface area (Å²) in [5, 5.41) is 10.5. The number of carbonyl (C=O) groups excluding carboxylic acids is 1. The van der Waals surface area contributed by atoms with Crippen molar-refractivity contribution in [3.8, 4) is 0 Å². The van der Waals surface area contributed by atoms with Gasteiger partial charge < -0.3 is 9.84 Å². The van der Waals surface area contributed by atoms with E-state index in [4.69, 9.17) is 4.52 Å². The van der Waals surface area contributed by atoms with Gasteiger partial charge in [-0.3, -0.25) is 10.1 Å². The maximum Gasteiger partial charge on any atom is 0.234 e. The van der Waals surface area contributed by atoms with Crippen LogP contribution < -0.4 is 10.6 Å². The summed E-state index contributed by atoms with van der Waals surface area (Å²) in [6, 6.07) is 8.17. The Morgan fingerprint density at radius 3 is 2.52 bits per heavy atom. The van der Waals surface area contributed by atoms with Gasteiger partial charge in [-0.15, -0.1) is 0 Å². The molecular weight excluding hydrogens is 316 g/mol. The molecule has 134 valence electrons. The zero-order valence-electron chi connectivity index (χ0n) is 15.0. The quantitative estimate of drug-likeness (QED) is 0.844. The minimum Gasteiger partial charge on any atom is -0.351 e. The molecular formula is C19H26N4O2. The Labute approximate surface area is 148 Å². The lowest BCUT2D eigenvalue weighted by Crippen LogP contribution is -2.48. The minimum absolute atomic E-state index is 0.0225. The lowest BCUT2D eigenvalue weighted by Gasteiger charge is -2.35. The minimum atomic E-state index is -0.350. The highest BCUT2D eigenvalue weighted by Gasteiger charge is 2.38. The predicted molar refractivity (Wildman–Crippen MR) is 94.8 cm³/mol. The smallest absolute Gasteiger partial charge is 0.234 e. The molecule has 6 nitrogen and oxygen atoms in total. The first-order chi connectivity index (χ1) is 12.1. The summed E-state index contributed by atoms with van der Waals surface area (Å²) >= 11 is 0. The van der Waals surface area contributed by atoms with Crippen molar-refractivity contribution >= 4 is 5.91 Å². The molecule has 2 aromatic rings. The first-order valence-electron chi connectivity index (χ1n) is 8.95. The topological polar surface area (TPSA) is 80.0 Å². The van der Waals surface area contributed by atoms with E-state index in [1.165, 1.54) is 12.0 Å². The third kappa shape index (κ3) is 4.45. The number of hydrogen-bond acceptors (Lipinski definition) is 5. The van der Waals surface area contributed by atoms with Crippen molar-refractivity contribution in [1.29, 1.82) is 0 Å². The molecule has 0 spiro atoms. The van der Waals surface area contributed by atoms with Crippen LogP contribution in [0, 0.1) is 13.8 Å². The monoisotopic (exact) mass is 342 g/mol. The van der Waals surface area contributed by atoms with Crippen LogP contribution in [0.3, 0.4) is 0 Å². The van der Waals surface area contributed by atoms with Gasteiger partial charge in [-0.1, -0.05) is 54.2 Å². The number of benzene rings is 1. The highest BCUT2D eigenvalue weighted by Crippen LogP contribution is 2.35. The molecule has 0 unspecified atom stereocenters. The van der Waals surface area contributed by atoms with Crippen molar-refractivity contribution in [2.24, 2.45) is 0 Å². The Morgan fingerprint density at radius 2 is 1.88 bits per heavy atom. The molecule has 1 aromatic heterocycles. The molecule has 2 N–H and O–H groups in total. The fourth-order valence-electron chi connectivity index (χ4n) is 3.35. The molecule has 0 aliphatic heterocycles. The molecule has 1 heterocycles. The van der Waals surface area contributed by atoms with Gasteiger partial charge in [-0.25, -0.2) is 0 Å². The summed E-state index contributed by atoms with van der Waals surface area (Å²) in [5.74, 6) is 1.22. The van der Waals surface area contributed by atoms with Gasteiger partial charge in [0.25, 0.3) is 0 Å². The van der Waals surface area contributed by atoms with Gasteiger partial charge in [0, 0.05) is 13.5 Å². The van der Waals surface area contributed by atoms with Crippen LogP contribution in [-0.2, 0) is 16.9 Å². The van der Waals surface area contributed by atoms with Crippen molar-refractivity contribution in [3.05, 3.63) is 47.1 Å². The molecule has 1 amide bonds. The van der Waals surface area contributed by atoms with Gasteiger partial charge in [0.15, 0.2) is 5.82 Å². The largest absolute Gasteiger partial charge is 0.351 e. The fourth-order valence-corrected chi connectivity index (χ4v) is 3.35. The molecule has 3 rings (SSSR count). The van der Waals surface area contributed by atoms with Gasteiger partial charge in [0.2, 0.25) is 11.8 Å². The number of hydrogen-bond donors (Lipinski definition) is 2. The van der Waals surface area contributed by atoms with E-state index in [1.807, 2.05) is 12.1 Å². The van der Waals surface area contributed by atoms with Crippen molar-refractivity contribution in [2.75, 3.05) is 6.54 Å². The van der Waals surface area contributed by atoms with E-state index in [0.29, 0.717) is 18.3 Å². The molecule has 0 saturated heterocycles. The molecule has 1 aliphatic carbocycles. The maximum atomic E-state index is 12.3. The van der Waals surface area contributed by atoms with E-state index >= 15 is 0 Å². The van der Waals surface area contributed by atoms with E-state index in [2.05, 4.69) is 39.8 Å². The molecule has 1 aliphatic rings. The molecule has 25 heavy (non-hydrogen) atoms. The van der Waals surface area contributed by atoms with Crippen molar-refractivity contribution in [3.63, 3.8) is 0 Å². The van der Waals surface area contributed by atoms with Gasteiger partial charge >= 0.3 is 0 Å². The van der Waals surface area contributed by atoms with Crippen LogP contribution in [0.2, 0.25) is 0 Å². The number of nitrogens with one attached hydrogen (secondary N) is 2. The summed E-state index contributed by atoms with van der Waals surface area (Å²) in [6.45, 7) is 4.63. The van der Waals surface area contributed by atoms with E-state index in [-0.39, 0.29) is 18.0 Å². The van der Waals surface area contributed by atoms with Gasteiger partial charge in [0.05, 0.1) is 12.1 Å². The zero-order chi connectivity index (χ0) is 17.7. The lowest BCUT2D eigenvalue weighted by atomic mass is 9.81. The Morgan fingerprint density at radius 1 is 1.16 bits per heavy atom. The number of aromatic nitrogens is 2. The number of nitrogens with zero attached hydrogens (tertiary/aromatic N) is 2. The predicted octanol–water partition coefficient (Wildman–Crippen LogP) is 2.75. The molecule has 0 bridgehead atoms. The summed E-state index contributed by atoms with van der Waals surface area (Å²) in [4.78, 5) is 16.7. The maximum absolute atomic E-state index is 12.3. The molecule has 0 atom stereocenters. The Hall–Kier alpha value is -2.21. The van der Waals surface area contributed by atoms with Crippen LogP contribution in [0.25, 0.3) is 0 Å². The average molecular weight is 342 g/mol. The standard InChI is InChI=1S/C19H26N4O2/c1-14-6-8-16(9-7-14)12-20-17(24)13-21-19(10-4-3-5-11-19)18-22-15(2)25-23-18/h6-9,21H,3-5,10-13H2,1-2H3,(H,20,24). The van der Waals surface area contributed by atoms with Gasteiger partial charge in [0.1, 0.15) is 0 Å². The third-order valence-electron chi connectivity index (χ3n) is 4.86. The van der Waals surface area contributed by atoms with E-state index in [0.717, 1.165) is 31.2 Å². The Kier molecular flexibility index (Phi) is 5.48. The summed E-state index contributed by atoms with van der Waals surface area (Å²) in [6.07, 6.45) is 5.27. The number of aryl methyl sites for hydroxylation is 2. The van der Waals surface area contributed by atoms with E-state index < -0.39 is 0 Å². The van der Waals surface area contributed by atoms with Gasteiger partial charge in [-0.05, 0) is 25.3 Å². The highest BCUT2D eigenvalue weighted by molar-refractivity contribution is 5.78. The second-order valence-corrected chi connectivity index (χ2v) is 6.90. The number of carbonyl (C=O) groups is 1. The average Bonchev–Trinajstić information content (AvgIpc) is 3.07. The summed E-state index contributed by atoms with van der Waals surface area (Å²) in [5.41, 5.74) is 1.96. The Balaban J connectivity index is 1.57. The van der Waals surface area contributed by atoms with Crippen LogP contribution in [0.5, 0.6) is 0 Å². The number of rotatable bonds is 6. The SMILES string of the molecule is Cc1ccc(CNC(=O)CNC2(c3noc(C)n3)CCCCC2)cc1. The van der Waals surface area contributed by atoms with Crippen molar-refractivity contribution < 1.29 is 9.32 Å². The third-order valence-corrected chi connectivity index (χ3v) is 4.86. The van der Waals surface area contributed by atoms with Crippen molar-refractivity contribution in [2.45, 2.75) is 58.0 Å². The second kappa shape index (κ2) is 7.78. The van der Waals surface area contributed by atoms with E-state index in [1.54, 1.807) is 6.92 Å². The van der Waals surface area contributed by atoms with Crippen molar-refractivity contribution in [1.82, 2.24) is 20.8 Å². The summed E-state index contributed by atoms with van der Waals surface area (Å²) < 4.78 is 5.16. The first kappa shape index (κ1) is 17.6. The summed E-state index contributed by atoms with van der Waals surface area (Å²) in [7, 11) is 0. The van der Waals surface area contributed by atoms with Crippen LogP contribution in [-0.4, -0.2) is 22.6 Å². The Bertz CT molecular complexity index is 702. The van der Waals surface area contributed by atoms with Gasteiger partial charge in [-0.2, -0.15) is 4.98 Å². The number of amides is 1. The normalized spacial score (nSPS) is 16.6. The molecule has 1 saturated carbocycles. The van der Waals surface area contributed by atoms with Crippen LogP contribution in [0.1, 0.15) is 54.9 Å². The highest BCUT2D eigenvalue weighted by atomic mass is 16.5. The lowest BCUT2D eigenvalue weighted by molar-refractivity contribution is -0.120. The fraction of sp³-hybridized carbons (Fsp3) is 0.526. The zero-order valence-corrected chi connectivity index (χ0v) is 15.0. The van der Waals surface area contributed by atoms with Crippen LogP contribution in [0.4, 0.5) is 0 Å². The molecule has 1 fully saturated rings. The van der Waals surface area contributed by atoms with Crippen LogP contribution >= 0.6 is 0 Å². The first-order valence-corrected chi connectivity index (χ1v) is 8.95. The molecule has 0 radical (unpaired) electrons. The van der Waals surface area contributed by atoms with E-state index in [9.17, 15) is 4.79 Å². The molecule has 1 aromatic carbocycles.